The van der Waals surface area contributed by atoms with E-state index in [2.05, 4.69) is 15.5 Å². The van der Waals surface area contributed by atoms with Crippen LogP contribution >= 0.6 is 11.3 Å². The van der Waals surface area contributed by atoms with E-state index in [1.54, 1.807) is 18.3 Å². The first-order chi connectivity index (χ1) is 11.1. The minimum Gasteiger partial charge on any atom is -0.497 e. The Morgan fingerprint density at radius 1 is 1.43 bits per heavy atom. The van der Waals surface area contributed by atoms with Crippen molar-refractivity contribution < 1.29 is 9.53 Å². The first-order valence-corrected chi connectivity index (χ1v) is 7.80. The van der Waals surface area contributed by atoms with Crippen LogP contribution in [-0.4, -0.2) is 27.8 Å². The van der Waals surface area contributed by atoms with Gasteiger partial charge in [-0.25, -0.2) is 0 Å². The molecule has 0 unspecified atom stereocenters. The van der Waals surface area contributed by atoms with Gasteiger partial charge in [-0.15, -0.1) is 10.2 Å². The lowest BCUT2D eigenvalue weighted by Crippen LogP contribution is -2.23. The van der Waals surface area contributed by atoms with Gasteiger partial charge in [-0.1, -0.05) is 11.3 Å². The Bertz CT molecular complexity index is 918. The molecule has 0 saturated heterocycles. The Balaban J connectivity index is 2.15. The number of ether oxygens (including phenoxy) is 1. The zero-order chi connectivity index (χ0) is 16.4. The van der Waals surface area contributed by atoms with E-state index in [4.69, 9.17) is 4.74 Å². The standard InChI is InChI=1S/C15H14N4O3S/c1-3-19-7-11(14(21)17-15-18-16-8-23-15)13(20)10-6-9(22-2)4-5-12(10)19/h4-8H,3H2,1-2H3,(H,17,18,21). The summed E-state index contributed by atoms with van der Waals surface area (Å²) < 4.78 is 7.02. The highest BCUT2D eigenvalue weighted by molar-refractivity contribution is 7.13. The molecule has 0 aliphatic carbocycles. The van der Waals surface area contributed by atoms with Gasteiger partial charge in [0.2, 0.25) is 10.6 Å². The van der Waals surface area contributed by atoms with Gasteiger partial charge in [0.15, 0.2) is 0 Å². The van der Waals surface area contributed by atoms with E-state index >= 15 is 0 Å². The molecule has 8 heteroatoms. The SMILES string of the molecule is CCn1cc(C(=O)Nc2nncs2)c(=O)c2cc(OC)ccc21. The van der Waals surface area contributed by atoms with Crippen LogP contribution < -0.4 is 15.5 Å². The molecular formula is C15H14N4O3S. The predicted octanol–water partition coefficient (Wildman–Crippen LogP) is 2.13. The quantitative estimate of drug-likeness (QED) is 0.792. The lowest BCUT2D eigenvalue weighted by atomic mass is 10.1. The Kier molecular flexibility index (Phi) is 4.07. The summed E-state index contributed by atoms with van der Waals surface area (Å²) in [6.07, 6.45) is 1.56. The van der Waals surface area contributed by atoms with E-state index in [0.717, 1.165) is 5.52 Å². The van der Waals surface area contributed by atoms with Crippen LogP contribution in [0, 0.1) is 0 Å². The molecule has 7 nitrogen and oxygen atoms in total. The first kappa shape index (κ1) is 15.2. The minimum absolute atomic E-state index is 0.0582. The van der Waals surface area contributed by atoms with Gasteiger partial charge in [0.05, 0.1) is 18.0 Å². The second kappa shape index (κ2) is 6.17. The number of carbonyl (C=O) groups excluding carboxylic acids is 1. The Morgan fingerprint density at radius 2 is 2.26 bits per heavy atom. The number of aromatic nitrogens is 3. The van der Waals surface area contributed by atoms with Gasteiger partial charge in [-0.3, -0.25) is 14.9 Å². The lowest BCUT2D eigenvalue weighted by molar-refractivity contribution is 0.102. The maximum absolute atomic E-state index is 12.7. The molecule has 3 rings (SSSR count). The van der Waals surface area contributed by atoms with Crippen LogP contribution in [0.4, 0.5) is 5.13 Å². The molecule has 1 amide bonds. The van der Waals surface area contributed by atoms with Gasteiger partial charge in [0, 0.05) is 12.7 Å². The third kappa shape index (κ3) is 2.80. The van der Waals surface area contributed by atoms with Gasteiger partial charge in [0.1, 0.15) is 16.8 Å². The molecular weight excluding hydrogens is 316 g/mol. The van der Waals surface area contributed by atoms with Gasteiger partial charge < -0.3 is 9.30 Å². The molecule has 0 spiro atoms. The Labute approximate surface area is 135 Å². The topological polar surface area (TPSA) is 86.1 Å². The van der Waals surface area contributed by atoms with Crippen LogP contribution in [-0.2, 0) is 6.54 Å². The van der Waals surface area contributed by atoms with E-state index in [9.17, 15) is 9.59 Å². The number of fused-ring (bicyclic) bond motifs is 1. The van der Waals surface area contributed by atoms with Crippen LogP contribution in [0.25, 0.3) is 10.9 Å². The number of methoxy groups -OCH3 is 1. The number of benzene rings is 1. The van der Waals surface area contributed by atoms with Crippen molar-refractivity contribution >= 4 is 33.3 Å². The smallest absolute Gasteiger partial charge is 0.262 e. The summed E-state index contributed by atoms with van der Waals surface area (Å²) in [7, 11) is 1.53. The first-order valence-electron chi connectivity index (χ1n) is 6.92. The summed E-state index contributed by atoms with van der Waals surface area (Å²) in [6, 6.07) is 5.24. The molecule has 118 valence electrons. The third-order valence-corrected chi connectivity index (χ3v) is 4.06. The number of carbonyl (C=O) groups is 1. The van der Waals surface area contributed by atoms with Crippen LogP contribution in [0.15, 0.2) is 34.7 Å². The molecule has 2 aromatic heterocycles. The molecule has 0 aliphatic heterocycles. The summed E-state index contributed by atoms with van der Waals surface area (Å²) in [4.78, 5) is 25.1. The number of pyridine rings is 1. The second-order valence-electron chi connectivity index (χ2n) is 4.74. The Morgan fingerprint density at radius 3 is 2.91 bits per heavy atom. The van der Waals surface area contributed by atoms with Crippen LogP contribution in [0.3, 0.4) is 0 Å². The van der Waals surface area contributed by atoms with Crippen molar-refractivity contribution in [3.05, 3.63) is 45.7 Å². The van der Waals surface area contributed by atoms with Gasteiger partial charge in [-0.05, 0) is 25.1 Å². The number of nitrogens with one attached hydrogen (secondary N) is 1. The van der Waals surface area contributed by atoms with Crippen molar-refractivity contribution in [3.63, 3.8) is 0 Å². The number of amides is 1. The number of nitrogens with zero attached hydrogens (tertiary/aromatic N) is 3. The molecule has 1 N–H and O–H groups in total. The molecule has 23 heavy (non-hydrogen) atoms. The molecule has 1 aromatic carbocycles. The second-order valence-corrected chi connectivity index (χ2v) is 5.57. The average molecular weight is 330 g/mol. The highest BCUT2D eigenvalue weighted by Crippen LogP contribution is 2.19. The van der Waals surface area contributed by atoms with Crippen molar-refractivity contribution in [1.29, 1.82) is 0 Å². The van der Waals surface area contributed by atoms with E-state index in [1.165, 1.54) is 24.0 Å². The summed E-state index contributed by atoms with van der Waals surface area (Å²) in [5.74, 6) is 0.0672. The zero-order valence-electron chi connectivity index (χ0n) is 12.6. The lowest BCUT2D eigenvalue weighted by Gasteiger charge is -2.12. The number of anilines is 1. The molecule has 0 atom stereocenters. The van der Waals surface area contributed by atoms with E-state index in [0.29, 0.717) is 22.8 Å². The summed E-state index contributed by atoms with van der Waals surface area (Å²) >= 11 is 1.19. The molecule has 0 bridgehead atoms. The van der Waals surface area contributed by atoms with Crippen molar-refractivity contribution in [2.45, 2.75) is 13.5 Å². The van der Waals surface area contributed by atoms with Crippen LogP contribution in [0.1, 0.15) is 17.3 Å². The number of aryl methyl sites for hydroxylation is 1. The van der Waals surface area contributed by atoms with Crippen molar-refractivity contribution in [3.8, 4) is 5.75 Å². The highest BCUT2D eigenvalue weighted by atomic mass is 32.1. The van der Waals surface area contributed by atoms with Crippen molar-refractivity contribution in [1.82, 2.24) is 14.8 Å². The summed E-state index contributed by atoms with van der Waals surface area (Å²) in [5.41, 5.74) is 1.98. The summed E-state index contributed by atoms with van der Waals surface area (Å²) in [5, 5.41) is 10.8. The van der Waals surface area contributed by atoms with E-state index < -0.39 is 5.91 Å². The maximum Gasteiger partial charge on any atom is 0.262 e. The normalized spacial score (nSPS) is 10.7. The molecule has 0 saturated carbocycles. The largest absolute Gasteiger partial charge is 0.497 e. The molecule has 3 aromatic rings. The molecule has 2 heterocycles. The number of hydrogen-bond donors (Lipinski definition) is 1. The zero-order valence-corrected chi connectivity index (χ0v) is 13.4. The monoisotopic (exact) mass is 330 g/mol. The molecule has 0 aliphatic rings. The maximum atomic E-state index is 12.7. The van der Waals surface area contributed by atoms with Gasteiger partial charge >= 0.3 is 0 Å². The third-order valence-electron chi connectivity index (χ3n) is 3.45. The Hall–Kier alpha value is -2.74. The molecule has 0 radical (unpaired) electrons. The van der Waals surface area contributed by atoms with Crippen LogP contribution in [0.2, 0.25) is 0 Å². The average Bonchev–Trinajstić information content (AvgIpc) is 3.07. The van der Waals surface area contributed by atoms with Crippen molar-refractivity contribution in [2.24, 2.45) is 0 Å². The number of hydrogen-bond acceptors (Lipinski definition) is 6. The number of rotatable bonds is 4. The van der Waals surface area contributed by atoms with E-state index in [-0.39, 0.29) is 11.0 Å². The fourth-order valence-corrected chi connectivity index (χ4v) is 2.76. The fraction of sp³-hybridized carbons (Fsp3) is 0.200. The predicted molar refractivity (Wildman–Crippen MR) is 88.3 cm³/mol. The summed E-state index contributed by atoms with van der Waals surface area (Å²) in [6.45, 7) is 2.57. The van der Waals surface area contributed by atoms with Gasteiger partial charge in [-0.2, -0.15) is 0 Å². The highest BCUT2D eigenvalue weighted by Gasteiger charge is 2.16. The van der Waals surface area contributed by atoms with Crippen LogP contribution in [0.5, 0.6) is 5.75 Å². The van der Waals surface area contributed by atoms with Gasteiger partial charge in [0.25, 0.3) is 5.91 Å². The fourth-order valence-electron chi connectivity index (χ4n) is 2.32. The van der Waals surface area contributed by atoms with Crippen molar-refractivity contribution in [2.75, 3.05) is 12.4 Å². The molecule has 0 fully saturated rings. The minimum atomic E-state index is -0.501. The van der Waals surface area contributed by atoms with E-state index in [1.807, 2.05) is 17.6 Å².